The van der Waals surface area contributed by atoms with Gasteiger partial charge >= 0.3 is 5.97 Å². The molecule has 1 atom stereocenters. The molecule has 0 saturated heterocycles. The fourth-order valence-corrected chi connectivity index (χ4v) is 1.75. The summed E-state index contributed by atoms with van der Waals surface area (Å²) < 4.78 is 0. The Labute approximate surface area is 79.9 Å². The third kappa shape index (κ3) is 1.87. The molecule has 1 heterocycles. The molecule has 1 rings (SSSR count). The number of hydrogen-bond acceptors (Lipinski definition) is 4. The lowest BCUT2D eigenvalue weighted by Gasteiger charge is -2.25. The van der Waals surface area contributed by atoms with Gasteiger partial charge in [-0.2, -0.15) is 0 Å². The molecule has 13 heavy (non-hydrogen) atoms. The van der Waals surface area contributed by atoms with Crippen LogP contribution in [0.25, 0.3) is 0 Å². The summed E-state index contributed by atoms with van der Waals surface area (Å²) in [5.41, 5.74) is 0.832. The van der Waals surface area contributed by atoms with E-state index >= 15 is 0 Å². The number of aliphatic hydroxyl groups excluding tert-OH is 1. The second-order valence-electron chi connectivity index (χ2n) is 3.33. The number of rotatable bonds is 3. The lowest BCUT2D eigenvalue weighted by atomic mass is 9.85. The van der Waals surface area contributed by atoms with Gasteiger partial charge in [-0.25, -0.2) is 4.79 Å². The summed E-state index contributed by atoms with van der Waals surface area (Å²) in [6.45, 7) is 3.36. The van der Waals surface area contributed by atoms with Gasteiger partial charge in [0.15, 0.2) is 6.10 Å². The molecule has 0 amide bonds. The number of thiazole rings is 1. The summed E-state index contributed by atoms with van der Waals surface area (Å²) in [5, 5.41) is 18.1. The molecule has 0 aliphatic rings. The average Bonchev–Trinajstić information content (AvgIpc) is 2.54. The highest BCUT2D eigenvalue weighted by atomic mass is 32.1. The van der Waals surface area contributed by atoms with Crippen molar-refractivity contribution in [2.75, 3.05) is 0 Å². The van der Waals surface area contributed by atoms with Gasteiger partial charge in [-0.3, -0.25) is 4.98 Å². The maximum atomic E-state index is 10.6. The molecule has 1 unspecified atom stereocenters. The van der Waals surface area contributed by atoms with Gasteiger partial charge in [0, 0.05) is 16.5 Å². The third-order valence-corrected chi connectivity index (χ3v) is 3.10. The number of hydrogen-bond donors (Lipinski definition) is 2. The summed E-state index contributed by atoms with van der Waals surface area (Å²) in [5.74, 6) is -1.21. The van der Waals surface area contributed by atoms with Crippen LogP contribution in [0.5, 0.6) is 0 Å². The van der Waals surface area contributed by atoms with Crippen LogP contribution in [0, 0.1) is 0 Å². The van der Waals surface area contributed by atoms with Gasteiger partial charge in [-0.1, -0.05) is 13.8 Å². The van der Waals surface area contributed by atoms with E-state index in [0.717, 1.165) is 4.88 Å². The Morgan fingerprint density at radius 1 is 1.69 bits per heavy atom. The molecule has 4 nitrogen and oxygen atoms in total. The van der Waals surface area contributed by atoms with Crippen LogP contribution in [0.2, 0.25) is 0 Å². The van der Waals surface area contributed by atoms with Crippen molar-refractivity contribution in [1.29, 1.82) is 0 Å². The fourth-order valence-electron chi connectivity index (χ4n) is 0.977. The van der Waals surface area contributed by atoms with Crippen molar-refractivity contribution < 1.29 is 15.0 Å². The molecular weight excluding hydrogens is 190 g/mol. The zero-order valence-electron chi connectivity index (χ0n) is 7.39. The quantitative estimate of drug-likeness (QED) is 0.761. The summed E-state index contributed by atoms with van der Waals surface area (Å²) in [6, 6.07) is 0. The lowest BCUT2D eigenvalue weighted by molar-refractivity contribution is -0.150. The second kappa shape index (κ2) is 3.43. The molecule has 0 aromatic carbocycles. The van der Waals surface area contributed by atoms with Crippen molar-refractivity contribution in [3.63, 3.8) is 0 Å². The minimum absolute atomic E-state index is 0.766. The van der Waals surface area contributed by atoms with Crippen LogP contribution in [-0.2, 0) is 10.2 Å². The summed E-state index contributed by atoms with van der Waals surface area (Å²) in [7, 11) is 0. The monoisotopic (exact) mass is 201 g/mol. The van der Waals surface area contributed by atoms with E-state index in [1.807, 2.05) is 0 Å². The summed E-state index contributed by atoms with van der Waals surface area (Å²) >= 11 is 1.34. The van der Waals surface area contributed by atoms with Gasteiger partial charge in [-0.15, -0.1) is 11.3 Å². The van der Waals surface area contributed by atoms with Crippen molar-refractivity contribution >= 4 is 17.3 Å². The van der Waals surface area contributed by atoms with E-state index in [1.165, 1.54) is 11.3 Å². The van der Waals surface area contributed by atoms with Crippen LogP contribution in [0.3, 0.4) is 0 Å². The highest BCUT2D eigenvalue weighted by Crippen LogP contribution is 2.29. The normalized spacial score (nSPS) is 14.1. The van der Waals surface area contributed by atoms with E-state index < -0.39 is 17.5 Å². The first-order chi connectivity index (χ1) is 5.96. The van der Waals surface area contributed by atoms with Crippen LogP contribution in [-0.4, -0.2) is 27.3 Å². The number of carbonyl (C=O) groups is 1. The molecule has 5 heteroatoms. The number of aromatic nitrogens is 1. The largest absolute Gasteiger partial charge is 0.479 e. The van der Waals surface area contributed by atoms with Crippen molar-refractivity contribution in [2.24, 2.45) is 0 Å². The molecular formula is C8H11NO3S. The molecule has 1 aromatic rings. The maximum Gasteiger partial charge on any atom is 0.333 e. The van der Waals surface area contributed by atoms with Crippen LogP contribution in [0.15, 0.2) is 11.7 Å². The molecule has 72 valence electrons. The van der Waals surface area contributed by atoms with Crippen molar-refractivity contribution in [3.05, 3.63) is 16.6 Å². The Morgan fingerprint density at radius 3 is 2.69 bits per heavy atom. The minimum atomic E-state index is -1.40. The Hall–Kier alpha value is -0.940. The molecule has 0 aliphatic carbocycles. The van der Waals surface area contributed by atoms with E-state index in [1.54, 1.807) is 25.6 Å². The fraction of sp³-hybridized carbons (Fsp3) is 0.500. The highest BCUT2D eigenvalue weighted by Gasteiger charge is 2.36. The lowest BCUT2D eigenvalue weighted by Crippen LogP contribution is -2.39. The molecule has 0 fully saturated rings. The first-order valence-electron chi connectivity index (χ1n) is 3.76. The van der Waals surface area contributed by atoms with E-state index in [9.17, 15) is 9.90 Å². The first-order valence-corrected chi connectivity index (χ1v) is 4.64. The molecule has 0 saturated carbocycles. The van der Waals surface area contributed by atoms with Crippen LogP contribution >= 0.6 is 11.3 Å². The number of carboxylic acids is 1. The standard InChI is InChI=1S/C8H11NO3S/c1-8(2,6(10)7(11)12)5-3-9-4-13-5/h3-4,6,10H,1-2H3,(H,11,12). The van der Waals surface area contributed by atoms with E-state index in [0.29, 0.717) is 0 Å². The smallest absolute Gasteiger partial charge is 0.333 e. The summed E-state index contributed by atoms with van der Waals surface area (Å²) in [4.78, 5) is 15.2. The number of aliphatic carboxylic acids is 1. The molecule has 0 spiro atoms. The Kier molecular flexibility index (Phi) is 2.68. The zero-order chi connectivity index (χ0) is 10.1. The third-order valence-electron chi connectivity index (χ3n) is 1.98. The Bertz CT molecular complexity index is 294. The summed E-state index contributed by atoms with van der Waals surface area (Å²) in [6.07, 6.45) is 0.185. The first kappa shape index (κ1) is 10.1. The van der Waals surface area contributed by atoms with Crippen LogP contribution in [0.1, 0.15) is 18.7 Å². The van der Waals surface area contributed by atoms with Gasteiger partial charge in [-0.05, 0) is 0 Å². The number of aliphatic hydroxyl groups is 1. The van der Waals surface area contributed by atoms with Crippen molar-refractivity contribution in [2.45, 2.75) is 25.4 Å². The maximum absolute atomic E-state index is 10.6. The molecule has 0 radical (unpaired) electrons. The van der Waals surface area contributed by atoms with E-state index in [-0.39, 0.29) is 0 Å². The van der Waals surface area contributed by atoms with Gasteiger partial charge in [0.25, 0.3) is 0 Å². The molecule has 2 N–H and O–H groups in total. The number of nitrogens with zero attached hydrogens (tertiary/aromatic N) is 1. The predicted octanol–water partition coefficient (Wildman–Crippen LogP) is 0.866. The van der Waals surface area contributed by atoms with Gasteiger partial charge < -0.3 is 10.2 Å². The number of carboxylic acid groups (broad SMARTS) is 1. The van der Waals surface area contributed by atoms with Gasteiger partial charge in [0.05, 0.1) is 5.51 Å². The molecule has 0 bridgehead atoms. The Morgan fingerprint density at radius 2 is 2.31 bits per heavy atom. The highest BCUT2D eigenvalue weighted by molar-refractivity contribution is 7.09. The zero-order valence-corrected chi connectivity index (χ0v) is 8.21. The molecule has 1 aromatic heterocycles. The van der Waals surface area contributed by atoms with E-state index in [4.69, 9.17) is 5.11 Å². The SMILES string of the molecule is CC(C)(c1cncs1)C(O)C(=O)O. The van der Waals surface area contributed by atoms with Crippen LogP contribution in [0.4, 0.5) is 0 Å². The van der Waals surface area contributed by atoms with E-state index in [2.05, 4.69) is 4.98 Å². The van der Waals surface area contributed by atoms with Crippen molar-refractivity contribution in [3.8, 4) is 0 Å². The second-order valence-corrected chi connectivity index (χ2v) is 4.21. The van der Waals surface area contributed by atoms with Gasteiger partial charge in [0.2, 0.25) is 0 Å². The van der Waals surface area contributed by atoms with Crippen LogP contribution < -0.4 is 0 Å². The average molecular weight is 201 g/mol. The topological polar surface area (TPSA) is 70.4 Å². The minimum Gasteiger partial charge on any atom is -0.479 e. The molecule has 0 aliphatic heterocycles. The Balaban J connectivity index is 2.95. The van der Waals surface area contributed by atoms with Gasteiger partial charge in [0.1, 0.15) is 0 Å². The predicted molar refractivity (Wildman–Crippen MR) is 48.8 cm³/mol. The van der Waals surface area contributed by atoms with Crippen molar-refractivity contribution in [1.82, 2.24) is 4.98 Å².